The van der Waals surface area contributed by atoms with Crippen molar-refractivity contribution in [1.29, 1.82) is 0 Å². The average molecular weight is 334 g/mol. The first-order valence-corrected chi connectivity index (χ1v) is 8.64. The maximum absolute atomic E-state index is 11.9. The second kappa shape index (κ2) is 8.34. The molecule has 3 aromatic rings. The molecule has 0 fully saturated rings. The van der Waals surface area contributed by atoms with Gasteiger partial charge < -0.3 is 9.47 Å². The van der Waals surface area contributed by atoms with Crippen LogP contribution in [0.5, 0.6) is 5.75 Å². The molecule has 3 aromatic carbocycles. The summed E-state index contributed by atoms with van der Waals surface area (Å²) in [5.41, 5.74) is 1.69. The SMILES string of the molecule is CCCCOC(=O)c1ccc(OCc2cccc3ccccc23)cc1. The van der Waals surface area contributed by atoms with E-state index in [1.807, 2.05) is 30.3 Å². The van der Waals surface area contributed by atoms with E-state index >= 15 is 0 Å². The number of hydrogen-bond acceptors (Lipinski definition) is 3. The third-order valence-electron chi connectivity index (χ3n) is 4.10. The molecule has 0 heterocycles. The molecule has 128 valence electrons. The van der Waals surface area contributed by atoms with Gasteiger partial charge in [-0.3, -0.25) is 0 Å². The maximum Gasteiger partial charge on any atom is 0.338 e. The van der Waals surface area contributed by atoms with Crippen LogP contribution in [-0.2, 0) is 11.3 Å². The van der Waals surface area contributed by atoms with E-state index in [1.165, 1.54) is 10.8 Å². The molecule has 0 atom stereocenters. The number of fused-ring (bicyclic) bond motifs is 1. The molecule has 0 N–H and O–H groups in total. The van der Waals surface area contributed by atoms with E-state index in [1.54, 1.807) is 12.1 Å². The third-order valence-corrected chi connectivity index (χ3v) is 4.10. The van der Waals surface area contributed by atoms with Crippen LogP contribution in [-0.4, -0.2) is 12.6 Å². The minimum Gasteiger partial charge on any atom is -0.489 e. The molecule has 0 aliphatic rings. The van der Waals surface area contributed by atoms with Gasteiger partial charge in [-0.25, -0.2) is 4.79 Å². The van der Waals surface area contributed by atoms with Crippen molar-refractivity contribution < 1.29 is 14.3 Å². The Hall–Kier alpha value is -2.81. The van der Waals surface area contributed by atoms with Gasteiger partial charge in [0.25, 0.3) is 0 Å². The van der Waals surface area contributed by atoms with E-state index in [0.29, 0.717) is 18.8 Å². The topological polar surface area (TPSA) is 35.5 Å². The summed E-state index contributed by atoms with van der Waals surface area (Å²) in [6.07, 6.45) is 1.90. The molecule has 0 amide bonds. The average Bonchev–Trinajstić information content (AvgIpc) is 2.67. The van der Waals surface area contributed by atoms with Crippen LogP contribution in [0.1, 0.15) is 35.7 Å². The molecule has 3 rings (SSSR count). The molecule has 25 heavy (non-hydrogen) atoms. The number of benzene rings is 3. The molecule has 0 saturated carbocycles. The highest BCUT2D eigenvalue weighted by molar-refractivity contribution is 5.89. The van der Waals surface area contributed by atoms with Crippen molar-refractivity contribution in [3.8, 4) is 5.75 Å². The van der Waals surface area contributed by atoms with Gasteiger partial charge in [-0.2, -0.15) is 0 Å². The minimum absolute atomic E-state index is 0.283. The van der Waals surface area contributed by atoms with Gasteiger partial charge in [0.1, 0.15) is 12.4 Å². The van der Waals surface area contributed by atoms with Gasteiger partial charge in [0.15, 0.2) is 0 Å². The fraction of sp³-hybridized carbons (Fsp3) is 0.227. The highest BCUT2D eigenvalue weighted by Gasteiger charge is 2.07. The second-order valence-corrected chi connectivity index (χ2v) is 5.94. The standard InChI is InChI=1S/C22H22O3/c1-2-3-15-24-22(23)18-11-13-20(14-12-18)25-16-19-9-6-8-17-7-4-5-10-21(17)19/h4-14H,2-3,15-16H2,1H3. The lowest BCUT2D eigenvalue weighted by Crippen LogP contribution is -2.06. The van der Waals surface area contributed by atoms with Gasteiger partial charge in [0.2, 0.25) is 0 Å². The van der Waals surface area contributed by atoms with Crippen molar-refractivity contribution in [3.05, 3.63) is 77.9 Å². The zero-order valence-electron chi connectivity index (χ0n) is 14.4. The Morgan fingerprint density at radius 2 is 1.68 bits per heavy atom. The Morgan fingerprint density at radius 3 is 2.48 bits per heavy atom. The first kappa shape index (κ1) is 17.0. The quantitative estimate of drug-likeness (QED) is 0.430. The second-order valence-electron chi connectivity index (χ2n) is 5.94. The van der Waals surface area contributed by atoms with Gasteiger partial charge in [0.05, 0.1) is 12.2 Å². The Kier molecular flexibility index (Phi) is 5.68. The summed E-state index contributed by atoms with van der Waals surface area (Å²) >= 11 is 0. The summed E-state index contributed by atoms with van der Waals surface area (Å²) < 4.78 is 11.1. The molecule has 0 aliphatic heterocycles. The van der Waals surface area contributed by atoms with Gasteiger partial charge in [0, 0.05) is 0 Å². The van der Waals surface area contributed by atoms with E-state index in [9.17, 15) is 4.79 Å². The normalized spacial score (nSPS) is 10.6. The van der Waals surface area contributed by atoms with Gasteiger partial charge in [-0.05, 0) is 47.0 Å². The lowest BCUT2D eigenvalue weighted by molar-refractivity contribution is 0.0499. The third kappa shape index (κ3) is 4.38. The van der Waals surface area contributed by atoms with Crippen molar-refractivity contribution >= 4 is 16.7 Å². The zero-order valence-corrected chi connectivity index (χ0v) is 14.4. The zero-order chi connectivity index (χ0) is 17.5. The van der Waals surface area contributed by atoms with Crippen molar-refractivity contribution in [1.82, 2.24) is 0 Å². The first-order valence-electron chi connectivity index (χ1n) is 8.64. The Bertz CT molecular complexity index is 832. The van der Waals surface area contributed by atoms with Gasteiger partial charge in [-0.1, -0.05) is 55.8 Å². The van der Waals surface area contributed by atoms with Crippen LogP contribution in [0.2, 0.25) is 0 Å². The fourth-order valence-electron chi connectivity index (χ4n) is 2.66. The molecule has 0 aliphatic carbocycles. The molecular weight excluding hydrogens is 312 g/mol. The van der Waals surface area contributed by atoms with Crippen LogP contribution in [0, 0.1) is 0 Å². The largest absolute Gasteiger partial charge is 0.489 e. The summed E-state index contributed by atoms with van der Waals surface area (Å²) in [6.45, 7) is 3.02. The fourth-order valence-corrected chi connectivity index (χ4v) is 2.66. The van der Waals surface area contributed by atoms with Crippen molar-refractivity contribution in [3.63, 3.8) is 0 Å². The Morgan fingerprint density at radius 1 is 0.920 bits per heavy atom. The number of hydrogen-bond donors (Lipinski definition) is 0. The maximum atomic E-state index is 11.9. The highest BCUT2D eigenvalue weighted by atomic mass is 16.5. The predicted molar refractivity (Wildman–Crippen MR) is 99.9 cm³/mol. The van der Waals surface area contributed by atoms with Crippen LogP contribution in [0.3, 0.4) is 0 Å². The van der Waals surface area contributed by atoms with Gasteiger partial charge in [-0.15, -0.1) is 0 Å². The molecule has 0 saturated heterocycles. The van der Waals surface area contributed by atoms with E-state index in [4.69, 9.17) is 9.47 Å². The van der Waals surface area contributed by atoms with Crippen LogP contribution < -0.4 is 4.74 Å². The molecule has 3 heteroatoms. The molecule has 0 aromatic heterocycles. The minimum atomic E-state index is -0.283. The molecule has 0 spiro atoms. The summed E-state index contributed by atoms with van der Waals surface area (Å²) in [4.78, 5) is 11.9. The number of unbranched alkanes of at least 4 members (excludes halogenated alkanes) is 1. The molecular formula is C22H22O3. The molecule has 0 unspecified atom stereocenters. The summed E-state index contributed by atoms with van der Waals surface area (Å²) in [7, 11) is 0. The lowest BCUT2D eigenvalue weighted by Gasteiger charge is -2.10. The van der Waals surface area contributed by atoms with E-state index in [0.717, 1.165) is 24.2 Å². The summed E-state index contributed by atoms with van der Waals surface area (Å²) in [5.74, 6) is 0.451. The number of carbonyl (C=O) groups excluding carboxylic acids is 1. The molecule has 0 radical (unpaired) electrons. The van der Waals surface area contributed by atoms with Crippen molar-refractivity contribution in [2.45, 2.75) is 26.4 Å². The van der Waals surface area contributed by atoms with E-state index < -0.39 is 0 Å². The van der Waals surface area contributed by atoms with Crippen molar-refractivity contribution in [2.24, 2.45) is 0 Å². The lowest BCUT2D eigenvalue weighted by atomic mass is 10.1. The van der Waals surface area contributed by atoms with Crippen LogP contribution in [0.15, 0.2) is 66.7 Å². The summed E-state index contributed by atoms with van der Waals surface area (Å²) in [6, 6.07) is 21.6. The monoisotopic (exact) mass is 334 g/mol. The Balaban J connectivity index is 1.63. The highest BCUT2D eigenvalue weighted by Crippen LogP contribution is 2.21. The van der Waals surface area contributed by atoms with Crippen LogP contribution in [0.4, 0.5) is 0 Å². The van der Waals surface area contributed by atoms with Gasteiger partial charge >= 0.3 is 5.97 Å². The van der Waals surface area contributed by atoms with E-state index in [-0.39, 0.29) is 5.97 Å². The number of ether oxygens (including phenoxy) is 2. The Labute approximate surface area is 148 Å². The number of esters is 1. The van der Waals surface area contributed by atoms with Crippen molar-refractivity contribution in [2.75, 3.05) is 6.61 Å². The summed E-state index contributed by atoms with van der Waals surface area (Å²) in [5, 5.41) is 2.40. The number of rotatable bonds is 7. The van der Waals surface area contributed by atoms with Crippen LogP contribution in [0.25, 0.3) is 10.8 Å². The smallest absolute Gasteiger partial charge is 0.338 e. The first-order chi connectivity index (χ1) is 12.3. The molecule has 3 nitrogen and oxygen atoms in total. The van der Waals surface area contributed by atoms with Crippen LogP contribution >= 0.6 is 0 Å². The predicted octanol–water partition coefficient (Wildman–Crippen LogP) is 5.38. The number of carbonyl (C=O) groups is 1. The molecule has 0 bridgehead atoms. The van der Waals surface area contributed by atoms with E-state index in [2.05, 4.69) is 31.2 Å².